The molecule has 0 amide bonds. The third-order valence-electron chi connectivity index (χ3n) is 6.99. The normalized spacial score (nSPS) is 11.9. The maximum atomic E-state index is 10.3. The Kier molecular flexibility index (Phi) is 28.5. The van der Waals surface area contributed by atoms with Gasteiger partial charge in [-0.2, -0.15) is 8.42 Å². The van der Waals surface area contributed by atoms with Gasteiger partial charge in [-0.05, 0) is 32.1 Å². The van der Waals surface area contributed by atoms with Crippen LogP contribution >= 0.6 is 0 Å². The van der Waals surface area contributed by atoms with Crippen LogP contribution in [0.25, 0.3) is 0 Å². The van der Waals surface area contributed by atoms with E-state index in [4.69, 9.17) is 4.55 Å². The van der Waals surface area contributed by atoms with Crippen LogP contribution in [0.2, 0.25) is 0 Å². The first kappa shape index (κ1) is 37.0. The van der Waals surface area contributed by atoms with Crippen LogP contribution in [0.3, 0.4) is 0 Å². The van der Waals surface area contributed by atoms with E-state index in [1.807, 2.05) is 0 Å². The number of unbranched alkanes of at least 4 members (excludes halogenated alkanes) is 19. The van der Waals surface area contributed by atoms with E-state index in [0.29, 0.717) is 6.42 Å². The Morgan fingerprint density at radius 2 is 0.714 bits per heavy atom. The van der Waals surface area contributed by atoms with E-state index in [1.54, 1.807) is 0 Å². The fourth-order valence-electron chi connectivity index (χ4n) is 4.52. The fourth-order valence-corrected chi connectivity index (χ4v) is 5.09. The quantitative estimate of drug-likeness (QED) is 0.0740. The van der Waals surface area contributed by atoms with E-state index in [1.165, 1.54) is 140 Å². The van der Waals surface area contributed by atoms with E-state index in [0.717, 1.165) is 12.8 Å². The minimum Gasteiger partial charge on any atom is -0.328 e. The van der Waals surface area contributed by atoms with Crippen molar-refractivity contribution in [1.82, 2.24) is 0 Å². The Balaban J connectivity index is 0. The SMILES string of the molecule is CCCCCCCCCC[N+](C)(C)CCCCCCCCCC.CCCCCCCCS(=O)(=O)O. The molecule has 0 rings (SSSR count). The molecule has 0 aliphatic carbocycles. The van der Waals surface area contributed by atoms with Crippen LogP contribution in [0.1, 0.15) is 162 Å². The highest BCUT2D eigenvalue weighted by atomic mass is 32.2. The van der Waals surface area contributed by atoms with Gasteiger partial charge in [-0.3, -0.25) is 4.55 Å². The molecule has 4 nitrogen and oxygen atoms in total. The minimum absolute atomic E-state index is 0.0842. The van der Waals surface area contributed by atoms with Crippen molar-refractivity contribution in [3.8, 4) is 0 Å². The van der Waals surface area contributed by atoms with E-state index in [9.17, 15) is 8.42 Å². The summed E-state index contributed by atoms with van der Waals surface area (Å²) in [5.74, 6) is -0.0842. The maximum absolute atomic E-state index is 10.3. The molecule has 0 atom stereocenters. The number of nitrogens with zero attached hydrogens (tertiary/aromatic N) is 1. The standard InChI is InChI=1S/C22H48N.C8H18O3S/c1-5-7-9-11-13-15-17-19-21-23(3,4)22-20-18-16-14-12-10-8-6-2;1-2-3-4-5-6-7-8-12(9,10)11/h5-22H2,1-4H3;2-8H2,1H3,(H,9,10,11)/q+1;. The first-order chi connectivity index (χ1) is 16.7. The highest BCUT2D eigenvalue weighted by molar-refractivity contribution is 7.85. The van der Waals surface area contributed by atoms with Gasteiger partial charge in [-0.15, -0.1) is 0 Å². The molecular formula is C30H66NO3S+. The van der Waals surface area contributed by atoms with Crippen LogP contribution in [0.4, 0.5) is 0 Å². The molecule has 0 bridgehead atoms. The molecular weight excluding hydrogens is 454 g/mol. The van der Waals surface area contributed by atoms with Crippen LogP contribution < -0.4 is 0 Å². The summed E-state index contributed by atoms with van der Waals surface area (Å²) in [5, 5.41) is 0. The lowest BCUT2D eigenvalue weighted by Crippen LogP contribution is -2.41. The van der Waals surface area contributed by atoms with Crippen molar-refractivity contribution in [3.63, 3.8) is 0 Å². The summed E-state index contributed by atoms with van der Waals surface area (Å²) >= 11 is 0. The molecule has 0 spiro atoms. The zero-order valence-corrected chi connectivity index (χ0v) is 25.6. The molecule has 0 aliphatic heterocycles. The van der Waals surface area contributed by atoms with Crippen molar-refractivity contribution < 1.29 is 17.5 Å². The molecule has 0 saturated heterocycles. The van der Waals surface area contributed by atoms with E-state index >= 15 is 0 Å². The Labute approximate surface area is 222 Å². The zero-order valence-electron chi connectivity index (χ0n) is 24.8. The molecule has 0 heterocycles. The minimum atomic E-state index is -3.72. The summed E-state index contributed by atoms with van der Waals surface area (Å²) in [6.45, 7) is 9.49. The number of hydrogen-bond donors (Lipinski definition) is 1. The van der Waals surface area contributed by atoms with Gasteiger partial charge >= 0.3 is 0 Å². The Hall–Kier alpha value is -0.130. The van der Waals surface area contributed by atoms with E-state index < -0.39 is 10.1 Å². The average molecular weight is 521 g/mol. The van der Waals surface area contributed by atoms with Crippen LogP contribution in [0, 0.1) is 0 Å². The summed E-state index contributed by atoms with van der Waals surface area (Å²) in [6, 6.07) is 0. The summed E-state index contributed by atoms with van der Waals surface area (Å²) in [6.07, 6.45) is 29.2. The Morgan fingerprint density at radius 1 is 0.457 bits per heavy atom. The molecule has 0 radical (unpaired) electrons. The average Bonchev–Trinajstić information content (AvgIpc) is 2.79. The van der Waals surface area contributed by atoms with Gasteiger partial charge in [-0.1, -0.05) is 130 Å². The molecule has 0 fully saturated rings. The van der Waals surface area contributed by atoms with Crippen molar-refractivity contribution in [2.45, 2.75) is 162 Å². The molecule has 0 saturated carbocycles. The molecule has 0 aromatic rings. The van der Waals surface area contributed by atoms with Gasteiger partial charge in [0.2, 0.25) is 0 Å². The van der Waals surface area contributed by atoms with E-state index in [2.05, 4.69) is 34.9 Å². The third-order valence-corrected chi connectivity index (χ3v) is 7.79. The van der Waals surface area contributed by atoms with Crippen molar-refractivity contribution in [1.29, 1.82) is 0 Å². The van der Waals surface area contributed by atoms with Crippen LogP contribution in [0.15, 0.2) is 0 Å². The highest BCUT2D eigenvalue weighted by Crippen LogP contribution is 2.13. The van der Waals surface area contributed by atoms with Gasteiger partial charge in [0, 0.05) is 0 Å². The second-order valence-electron chi connectivity index (χ2n) is 11.4. The molecule has 0 unspecified atom stereocenters. The van der Waals surface area contributed by atoms with Crippen molar-refractivity contribution >= 4 is 10.1 Å². The first-order valence-corrected chi connectivity index (χ1v) is 17.1. The number of hydrogen-bond acceptors (Lipinski definition) is 2. The number of rotatable bonds is 25. The molecule has 0 aliphatic rings. The lowest BCUT2D eigenvalue weighted by atomic mass is 10.1. The predicted octanol–water partition coefficient (Wildman–Crippen LogP) is 9.58. The summed E-state index contributed by atoms with van der Waals surface area (Å²) in [7, 11) is 1.15. The van der Waals surface area contributed by atoms with Crippen molar-refractivity contribution in [3.05, 3.63) is 0 Å². The molecule has 0 aromatic carbocycles. The molecule has 0 aromatic heterocycles. The topological polar surface area (TPSA) is 54.4 Å². The second-order valence-corrected chi connectivity index (χ2v) is 13.0. The lowest BCUT2D eigenvalue weighted by Gasteiger charge is -2.30. The molecule has 1 N–H and O–H groups in total. The third kappa shape index (κ3) is 36.1. The van der Waals surface area contributed by atoms with Gasteiger partial charge < -0.3 is 4.48 Å². The maximum Gasteiger partial charge on any atom is 0.264 e. The Morgan fingerprint density at radius 3 is 1.00 bits per heavy atom. The number of quaternary nitrogens is 1. The summed E-state index contributed by atoms with van der Waals surface area (Å²) in [5.41, 5.74) is 0. The highest BCUT2D eigenvalue weighted by Gasteiger charge is 2.13. The van der Waals surface area contributed by atoms with Gasteiger partial charge in [-0.25, -0.2) is 0 Å². The largest absolute Gasteiger partial charge is 0.328 e. The smallest absolute Gasteiger partial charge is 0.264 e. The van der Waals surface area contributed by atoms with Gasteiger partial charge in [0.15, 0.2) is 0 Å². The Bertz CT molecular complexity index is 484. The molecule has 5 heteroatoms. The van der Waals surface area contributed by atoms with Crippen LogP contribution in [-0.2, 0) is 10.1 Å². The van der Waals surface area contributed by atoms with Crippen LogP contribution in [-0.4, -0.2) is 50.4 Å². The zero-order chi connectivity index (χ0) is 26.7. The van der Waals surface area contributed by atoms with Crippen LogP contribution in [0.5, 0.6) is 0 Å². The summed E-state index contributed by atoms with van der Waals surface area (Å²) in [4.78, 5) is 0. The predicted molar refractivity (Wildman–Crippen MR) is 157 cm³/mol. The van der Waals surface area contributed by atoms with Crippen molar-refractivity contribution in [2.24, 2.45) is 0 Å². The van der Waals surface area contributed by atoms with Gasteiger partial charge in [0.05, 0.1) is 32.9 Å². The molecule has 214 valence electrons. The lowest BCUT2D eigenvalue weighted by molar-refractivity contribution is -0.890. The van der Waals surface area contributed by atoms with Gasteiger partial charge in [0.1, 0.15) is 0 Å². The molecule has 35 heavy (non-hydrogen) atoms. The van der Waals surface area contributed by atoms with Crippen molar-refractivity contribution in [2.75, 3.05) is 32.9 Å². The summed E-state index contributed by atoms with van der Waals surface area (Å²) < 4.78 is 30.2. The fraction of sp³-hybridized carbons (Fsp3) is 1.00. The van der Waals surface area contributed by atoms with E-state index in [-0.39, 0.29) is 5.75 Å². The second kappa shape index (κ2) is 26.9. The monoisotopic (exact) mass is 520 g/mol. The first-order valence-electron chi connectivity index (χ1n) is 15.5. The van der Waals surface area contributed by atoms with Gasteiger partial charge in [0.25, 0.3) is 10.1 Å².